The average Bonchev–Trinajstić information content (AvgIpc) is 3.04. The molecule has 3 heterocycles. The lowest BCUT2D eigenvalue weighted by Gasteiger charge is -2.33. The minimum absolute atomic E-state index is 0.0637. The Labute approximate surface area is 126 Å². The zero-order valence-electron chi connectivity index (χ0n) is 12.3. The number of hydrogen-bond donors (Lipinski definition) is 0. The molecule has 0 aromatic carbocycles. The fourth-order valence-electron chi connectivity index (χ4n) is 2.35. The molecule has 1 fully saturated rings. The lowest BCUT2D eigenvalue weighted by Crippen LogP contribution is -2.49. The number of anilines is 1. The molecule has 1 aliphatic rings. The van der Waals surface area contributed by atoms with Crippen molar-refractivity contribution in [2.24, 2.45) is 7.05 Å². The molecule has 0 unspecified atom stereocenters. The summed E-state index contributed by atoms with van der Waals surface area (Å²) in [7, 11) is 1.74. The Morgan fingerprint density at radius 3 is 2.38 bits per heavy atom. The molecule has 0 spiro atoms. The molecule has 0 bridgehead atoms. The fraction of sp³-hybridized carbons (Fsp3) is 0.583. The van der Waals surface area contributed by atoms with Gasteiger partial charge in [-0.2, -0.15) is 5.10 Å². The van der Waals surface area contributed by atoms with Crippen LogP contribution in [0.5, 0.6) is 0 Å². The minimum atomic E-state index is -0.0637. The van der Waals surface area contributed by atoms with Gasteiger partial charge in [0.05, 0.1) is 0 Å². The smallest absolute Gasteiger partial charge is 0.291 e. The predicted molar refractivity (Wildman–Crippen MR) is 78.5 cm³/mol. The van der Waals surface area contributed by atoms with Crippen LogP contribution in [0.15, 0.2) is 0 Å². The van der Waals surface area contributed by atoms with E-state index in [1.54, 1.807) is 25.3 Å². The first-order chi connectivity index (χ1) is 10.0. The zero-order valence-corrected chi connectivity index (χ0v) is 13.1. The second-order valence-electron chi connectivity index (χ2n) is 4.99. The fourth-order valence-corrected chi connectivity index (χ4v) is 3.09. The quantitative estimate of drug-likeness (QED) is 0.791. The van der Waals surface area contributed by atoms with Crippen molar-refractivity contribution in [3.63, 3.8) is 0 Å². The van der Waals surface area contributed by atoms with Gasteiger partial charge in [-0.1, -0.05) is 11.3 Å². The Bertz CT molecular complexity index is 656. The molecule has 1 saturated heterocycles. The Balaban J connectivity index is 1.65. The molecule has 0 radical (unpaired) electrons. The summed E-state index contributed by atoms with van der Waals surface area (Å²) < 4.78 is 1.54. The van der Waals surface area contributed by atoms with E-state index in [-0.39, 0.29) is 5.91 Å². The largest absolute Gasteiger partial charge is 0.343 e. The van der Waals surface area contributed by atoms with Crippen molar-refractivity contribution >= 4 is 22.4 Å². The Hall–Kier alpha value is -2.03. The van der Waals surface area contributed by atoms with Crippen molar-refractivity contribution in [3.05, 3.63) is 16.7 Å². The SMILES string of the molecule is Cc1nc(C(=O)N2CCN(c3nnc(C)s3)CC2)n(C)n1. The van der Waals surface area contributed by atoms with Crippen molar-refractivity contribution in [2.45, 2.75) is 13.8 Å². The van der Waals surface area contributed by atoms with E-state index in [0.29, 0.717) is 24.7 Å². The van der Waals surface area contributed by atoms with E-state index >= 15 is 0 Å². The molecule has 0 N–H and O–H groups in total. The van der Waals surface area contributed by atoms with Gasteiger partial charge in [0.15, 0.2) is 0 Å². The summed E-state index contributed by atoms with van der Waals surface area (Å²) in [5.74, 6) is 0.947. The zero-order chi connectivity index (χ0) is 15.0. The molecule has 21 heavy (non-hydrogen) atoms. The third kappa shape index (κ3) is 2.73. The first-order valence-electron chi connectivity index (χ1n) is 6.76. The van der Waals surface area contributed by atoms with E-state index < -0.39 is 0 Å². The van der Waals surface area contributed by atoms with Crippen molar-refractivity contribution in [2.75, 3.05) is 31.1 Å². The highest BCUT2D eigenvalue weighted by molar-refractivity contribution is 7.15. The van der Waals surface area contributed by atoms with Crippen LogP contribution in [-0.4, -0.2) is 61.9 Å². The Morgan fingerprint density at radius 2 is 1.86 bits per heavy atom. The van der Waals surface area contributed by atoms with Gasteiger partial charge < -0.3 is 9.80 Å². The lowest BCUT2D eigenvalue weighted by molar-refractivity contribution is 0.0729. The lowest BCUT2D eigenvalue weighted by atomic mass is 10.3. The number of aryl methyl sites for hydroxylation is 3. The average molecular weight is 307 g/mol. The topological polar surface area (TPSA) is 80.0 Å². The van der Waals surface area contributed by atoms with Crippen LogP contribution in [0, 0.1) is 13.8 Å². The number of carbonyl (C=O) groups excluding carboxylic acids is 1. The number of nitrogens with zero attached hydrogens (tertiary/aromatic N) is 7. The molecule has 8 nitrogen and oxygen atoms in total. The second-order valence-corrected chi connectivity index (χ2v) is 6.15. The summed E-state index contributed by atoms with van der Waals surface area (Å²) in [5, 5.41) is 14.2. The number of hydrogen-bond acceptors (Lipinski definition) is 7. The highest BCUT2D eigenvalue weighted by Crippen LogP contribution is 2.21. The van der Waals surface area contributed by atoms with Crippen molar-refractivity contribution < 1.29 is 4.79 Å². The third-order valence-corrected chi connectivity index (χ3v) is 4.31. The first-order valence-corrected chi connectivity index (χ1v) is 7.58. The van der Waals surface area contributed by atoms with Crippen LogP contribution in [0.2, 0.25) is 0 Å². The highest BCUT2D eigenvalue weighted by atomic mass is 32.1. The molecule has 112 valence electrons. The predicted octanol–water partition coefficient (Wildman–Crippen LogP) is 0.246. The van der Waals surface area contributed by atoms with Gasteiger partial charge in [-0.05, 0) is 13.8 Å². The van der Waals surface area contributed by atoms with Gasteiger partial charge in [0.25, 0.3) is 5.91 Å². The second kappa shape index (κ2) is 5.40. The summed E-state index contributed by atoms with van der Waals surface area (Å²) in [6.07, 6.45) is 0. The van der Waals surface area contributed by atoms with E-state index in [9.17, 15) is 4.79 Å². The normalized spacial score (nSPS) is 15.6. The van der Waals surface area contributed by atoms with Crippen molar-refractivity contribution in [3.8, 4) is 0 Å². The molecule has 1 aliphatic heterocycles. The molecule has 2 aromatic heterocycles. The van der Waals surface area contributed by atoms with E-state index in [0.717, 1.165) is 23.2 Å². The van der Waals surface area contributed by atoms with Crippen molar-refractivity contribution in [1.29, 1.82) is 0 Å². The van der Waals surface area contributed by atoms with Gasteiger partial charge in [-0.15, -0.1) is 10.2 Å². The number of carbonyl (C=O) groups is 1. The van der Waals surface area contributed by atoms with Crippen LogP contribution in [0.4, 0.5) is 5.13 Å². The molecular weight excluding hydrogens is 290 g/mol. The van der Waals surface area contributed by atoms with E-state index in [4.69, 9.17) is 0 Å². The molecule has 0 aliphatic carbocycles. The maximum absolute atomic E-state index is 12.4. The molecule has 2 aromatic rings. The van der Waals surface area contributed by atoms with Crippen LogP contribution >= 0.6 is 11.3 Å². The van der Waals surface area contributed by atoms with Gasteiger partial charge in [0.1, 0.15) is 10.8 Å². The molecule has 0 saturated carbocycles. The minimum Gasteiger partial charge on any atom is -0.343 e. The summed E-state index contributed by atoms with van der Waals surface area (Å²) >= 11 is 1.58. The van der Waals surface area contributed by atoms with Crippen LogP contribution in [-0.2, 0) is 7.05 Å². The summed E-state index contributed by atoms with van der Waals surface area (Å²) in [6, 6.07) is 0. The monoisotopic (exact) mass is 307 g/mol. The molecule has 9 heteroatoms. The number of amides is 1. The van der Waals surface area contributed by atoms with Crippen molar-refractivity contribution in [1.82, 2.24) is 29.9 Å². The molecular formula is C12H17N7OS. The summed E-state index contributed by atoms with van der Waals surface area (Å²) in [6.45, 7) is 6.56. The maximum Gasteiger partial charge on any atom is 0.291 e. The highest BCUT2D eigenvalue weighted by Gasteiger charge is 2.26. The van der Waals surface area contributed by atoms with Crippen LogP contribution in [0.1, 0.15) is 21.5 Å². The van der Waals surface area contributed by atoms with Crippen LogP contribution in [0.25, 0.3) is 0 Å². The van der Waals surface area contributed by atoms with E-state index in [1.807, 2.05) is 11.8 Å². The first kappa shape index (κ1) is 13.9. The maximum atomic E-state index is 12.4. The number of rotatable bonds is 2. The van der Waals surface area contributed by atoms with Gasteiger partial charge in [0, 0.05) is 33.2 Å². The van der Waals surface area contributed by atoms with Gasteiger partial charge in [-0.25, -0.2) is 9.67 Å². The summed E-state index contributed by atoms with van der Waals surface area (Å²) in [5.41, 5.74) is 0. The standard InChI is InChI=1S/C12H17N7OS/c1-8-13-10(17(3)16-8)11(20)18-4-6-19(7-5-18)12-15-14-9(2)21-12/h4-7H2,1-3H3. The van der Waals surface area contributed by atoms with E-state index in [1.165, 1.54) is 4.68 Å². The van der Waals surface area contributed by atoms with E-state index in [2.05, 4.69) is 25.2 Å². The molecule has 1 amide bonds. The Kier molecular flexibility index (Phi) is 3.58. The number of piperazine rings is 1. The summed E-state index contributed by atoms with van der Waals surface area (Å²) in [4.78, 5) is 20.6. The van der Waals surface area contributed by atoms with Crippen LogP contribution < -0.4 is 4.90 Å². The van der Waals surface area contributed by atoms with Gasteiger partial charge in [-0.3, -0.25) is 4.79 Å². The van der Waals surface area contributed by atoms with Gasteiger partial charge >= 0.3 is 0 Å². The molecule has 3 rings (SSSR count). The Morgan fingerprint density at radius 1 is 1.14 bits per heavy atom. The molecule has 0 atom stereocenters. The van der Waals surface area contributed by atoms with Crippen LogP contribution in [0.3, 0.4) is 0 Å². The van der Waals surface area contributed by atoms with Gasteiger partial charge in [0.2, 0.25) is 11.0 Å². The third-order valence-electron chi connectivity index (χ3n) is 3.41. The number of aromatic nitrogens is 5.